The molecule has 78 valence electrons. The summed E-state index contributed by atoms with van der Waals surface area (Å²) in [5.41, 5.74) is 5.33. The molecule has 0 aromatic rings. The lowest BCUT2D eigenvalue weighted by Crippen LogP contribution is -2.40. The molecule has 0 rings (SSSR count). The molecule has 0 fully saturated rings. The minimum atomic E-state index is -0.193. The molecule has 1 atom stereocenters. The summed E-state index contributed by atoms with van der Waals surface area (Å²) in [6.07, 6.45) is 2.93. The number of nitrogens with two attached hydrogens (primary N) is 1. The molecule has 0 aliphatic heterocycles. The lowest BCUT2D eigenvalue weighted by atomic mass is 10.1. The number of carbonyl (C=O) groups is 1. The quantitative estimate of drug-likeness (QED) is 0.563. The van der Waals surface area contributed by atoms with E-state index in [1.807, 2.05) is 0 Å². The van der Waals surface area contributed by atoms with Crippen molar-refractivity contribution in [3.63, 3.8) is 0 Å². The van der Waals surface area contributed by atoms with E-state index in [0.29, 0.717) is 13.1 Å². The summed E-state index contributed by atoms with van der Waals surface area (Å²) in [4.78, 5) is 11.2. The van der Waals surface area contributed by atoms with Gasteiger partial charge in [0.25, 0.3) is 0 Å². The van der Waals surface area contributed by atoms with Gasteiger partial charge in [-0.2, -0.15) is 0 Å². The first kappa shape index (κ1) is 12.4. The first-order chi connectivity index (χ1) is 6.26. The molecule has 4 nitrogen and oxygen atoms in total. The number of carbonyl (C=O) groups excluding carboxylic acids is 1. The fourth-order valence-electron chi connectivity index (χ4n) is 1.11. The number of esters is 1. The van der Waals surface area contributed by atoms with E-state index in [1.165, 1.54) is 7.11 Å². The highest BCUT2D eigenvalue weighted by molar-refractivity contribution is 5.75. The number of hydrogen-bond acceptors (Lipinski definition) is 4. The largest absolute Gasteiger partial charge is 0.468 e. The van der Waals surface area contributed by atoms with Crippen LogP contribution in [0.25, 0.3) is 0 Å². The second-order valence-electron chi connectivity index (χ2n) is 2.96. The van der Waals surface area contributed by atoms with E-state index in [4.69, 9.17) is 5.73 Å². The Balaban J connectivity index is 3.79. The molecule has 0 bridgehead atoms. The highest BCUT2D eigenvalue weighted by atomic mass is 16.5. The highest BCUT2D eigenvalue weighted by Crippen LogP contribution is 2.01. The smallest absolute Gasteiger partial charge is 0.322 e. The van der Waals surface area contributed by atoms with E-state index in [-0.39, 0.29) is 12.0 Å². The highest BCUT2D eigenvalue weighted by Gasteiger charge is 2.16. The van der Waals surface area contributed by atoms with Gasteiger partial charge in [-0.1, -0.05) is 19.8 Å². The summed E-state index contributed by atoms with van der Waals surface area (Å²) in [5.74, 6) is -0.193. The molecule has 0 aliphatic carbocycles. The zero-order chi connectivity index (χ0) is 10.1. The first-order valence-corrected chi connectivity index (χ1v) is 4.77. The van der Waals surface area contributed by atoms with Crippen molar-refractivity contribution in [3.05, 3.63) is 0 Å². The molecule has 4 heteroatoms. The Labute approximate surface area is 79.8 Å². The summed E-state index contributed by atoms with van der Waals surface area (Å²) >= 11 is 0. The standard InChI is InChI=1S/C9H20N2O2/c1-3-4-5-8(9(12)13-2)11-7-6-10/h8,11H,3-7,10H2,1-2H3/t8-/m1/s1. The van der Waals surface area contributed by atoms with Crippen molar-refractivity contribution in [1.82, 2.24) is 5.32 Å². The van der Waals surface area contributed by atoms with Gasteiger partial charge in [0.15, 0.2) is 0 Å². The monoisotopic (exact) mass is 188 g/mol. The second-order valence-corrected chi connectivity index (χ2v) is 2.96. The van der Waals surface area contributed by atoms with Gasteiger partial charge in [-0.15, -0.1) is 0 Å². The van der Waals surface area contributed by atoms with E-state index in [2.05, 4.69) is 17.0 Å². The molecule has 0 heterocycles. The summed E-state index contributed by atoms with van der Waals surface area (Å²) < 4.78 is 4.66. The van der Waals surface area contributed by atoms with Crippen LogP contribution in [0.2, 0.25) is 0 Å². The van der Waals surface area contributed by atoms with Gasteiger partial charge < -0.3 is 15.8 Å². The molecule has 0 spiro atoms. The van der Waals surface area contributed by atoms with Crippen molar-refractivity contribution in [2.75, 3.05) is 20.2 Å². The lowest BCUT2D eigenvalue weighted by Gasteiger charge is -2.15. The van der Waals surface area contributed by atoms with Gasteiger partial charge in [-0.05, 0) is 6.42 Å². The van der Waals surface area contributed by atoms with Crippen LogP contribution in [0.1, 0.15) is 26.2 Å². The van der Waals surface area contributed by atoms with E-state index in [1.54, 1.807) is 0 Å². The van der Waals surface area contributed by atoms with Crippen LogP contribution >= 0.6 is 0 Å². The van der Waals surface area contributed by atoms with Crippen molar-refractivity contribution in [3.8, 4) is 0 Å². The predicted octanol–water partition coefficient (Wildman–Crippen LogP) is 0.267. The maximum atomic E-state index is 11.2. The van der Waals surface area contributed by atoms with Gasteiger partial charge >= 0.3 is 5.97 Å². The number of rotatable bonds is 7. The van der Waals surface area contributed by atoms with Crippen molar-refractivity contribution < 1.29 is 9.53 Å². The van der Waals surface area contributed by atoms with E-state index in [9.17, 15) is 4.79 Å². The second kappa shape index (κ2) is 8.01. The lowest BCUT2D eigenvalue weighted by molar-refractivity contribution is -0.143. The van der Waals surface area contributed by atoms with E-state index < -0.39 is 0 Å². The third kappa shape index (κ3) is 5.60. The Morgan fingerprint density at radius 3 is 2.77 bits per heavy atom. The SMILES string of the molecule is CCCC[C@@H](NCCN)C(=O)OC. The van der Waals surface area contributed by atoms with Gasteiger partial charge in [0.05, 0.1) is 7.11 Å². The van der Waals surface area contributed by atoms with Crippen molar-refractivity contribution in [2.24, 2.45) is 5.73 Å². The Hall–Kier alpha value is -0.610. The number of ether oxygens (including phenoxy) is 1. The minimum absolute atomic E-state index is 0.187. The third-order valence-electron chi connectivity index (χ3n) is 1.87. The maximum absolute atomic E-state index is 11.2. The molecule has 0 amide bonds. The minimum Gasteiger partial charge on any atom is -0.468 e. The van der Waals surface area contributed by atoms with Crippen LogP contribution in [0.3, 0.4) is 0 Å². The van der Waals surface area contributed by atoms with Gasteiger partial charge in [0.1, 0.15) is 6.04 Å². The van der Waals surface area contributed by atoms with Gasteiger partial charge in [0, 0.05) is 13.1 Å². The summed E-state index contributed by atoms with van der Waals surface area (Å²) in [6.45, 7) is 3.29. The topological polar surface area (TPSA) is 64.3 Å². The Kier molecular flexibility index (Phi) is 7.63. The molecule has 0 aromatic heterocycles. The molecule has 0 saturated heterocycles. The third-order valence-corrected chi connectivity index (χ3v) is 1.87. The molecule has 0 aromatic carbocycles. The average molecular weight is 188 g/mol. The molecule has 0 unspecified atom stereocenters. The Bertz CT molecular complexity index is 132. The van der Waals surface area contributed by atoms with Crippen LogP contribution in [-0.2, 0) is 9.53 Å². The summed E-state index contributed by atoms with van der Waals surface area (Å²) in [6, 6.07) is -0.187. The number of hydrogen-bond donors (Lipinski definition) is 2. The number of nitrogens with one attached hydrogen (secondary N) is 1. The molecule has 13 heavy (non-hydrogen) atoms. The maximum Gasteiger partial charge on any atom is 0.322 e. The first-order valence-electron chi connectivity index (χ1n) is 4.77. The van der Waals surface area contributed by atoms with Crippen LogP contribution in [0.4, 0.5) is 0 Å². The normalized spacial score (nSPS) is 12.5. The average Bonchev–Trinajstić information content (AvgIpc) is 2.17. The fraction of sp³-hybridized carbons (Fsp3) is 0.889. The van der Waals surface area contributed by atoms with Crippen molar-refractivity contribution in [1.29, 1.82) is 0 Å². The molecule has 0 radical (unpaired) electrons. The van der Waals surface area contributed by atoms with Crippen molar-refractivity contribution in [2.45, 2.75) is 32.2 Å². The predicted molar refractivity (Wildman–Crippen MR) is 52.4 cm³/mol. The molecule has 3 N–H and O–H groups in total. The summed E-state index contributed by atoms with van der Waals surface area (Å²) in [7, 11) is 1.41. The molecular formula is C9H20N2O2. The number of unbranched alkanes of at least 4 members (excludes halogenated alkanes) is 1. The Morgan fingerprint density at radius 1 is 1.62 bits per heavy atom. The van der Waals surface area contributed by atoms with Crippen LogP contribution in [0.5, 0.6) is 0 Å². The fourth-order valence-corrected chi connectivity index (χ4v) is 1.11. The molecule has 0 saturated carbocycles. The molecular weight excluding hydrogens is 168 g/mol. The number of methoxy groups -OCH3 is 1. The molecule has 0 aliphatic rings. The van der Waals surface area contributed by atoms with E-state index in [0.717, 1.165) is 19.3 Å². The summed E-state index contributed by atoms with van der Waals surface area (Å²) in [5, 5.41) is 3.06. The van der Waals surface area contributed by atoms with Crippen LogP contribution in [0.15, 0.2) is 0 Å². The van der Waals surface area contributed by atoms with Crippen LogP contribution in [-0.4, -0.2) is 32.2 Å². The Morgan fingerprint density at radius 2 is 2.31 bits per heavy atom. The van der Waals surface area contributed by atoms with Gasteiger partial charge in [-0.3, -0.25) is 4.79 Å². The van der Waals surface area contributed by atoms with Crippen molar-refractivity contribution >= 4 is 5.97 Å². The van der Waals surface area contributed by atoms with Crippen LogP contribution in [0, 0.1) is 0 Å². The van der Waals surface area contributed by atoms with Gasteiger partial charge in [-0.25, -0.2) is 0 Å². The van der Waals surface area contributed by atoms with Crippen LogP contribution < -0.4 is 11.1 Å². The van der Waals surface area contributed by atoms with E-state index >= 15 is 0 Å². The van der Waals surface area contributed by atoms with Gasteiger partial charge in [0.2, 0.25) is 0 Å². The zero-order valence-electron chi connectivity index (χ0n) is 8.51. The zero-order valence-corrected chi connectivity index (χ0v) is 8.51.